The van der Waals surface area contributed by atoms with Crippen molar-refractivity contribution in [2.24, 2.45) is 29.1 Å². The largest absolute Gasteiger partial charge is 0.416 e. The minimum Gasteiger partial charge on any atom is -0.416 e. The van der Waals surface area contributed by atoms with Gasteiger partial charge in [-0.1, -0.05) is 83.8 Å². The molecular formula is C34H52N2O4Si2. The number of nitrogens with zero attached hydrogens (tertiary/aromatic N) is 2. The van der Waals surface area contributed by atoms with Crippen LogP contribution in [0.1, 0.15) is 33.3 Å². The zero-order chi connectivity index (χ0) is 31.0. The third kappa shape index (κ3) is 4.22. The van der Waals surface area contributed by atoms with Gasteiger partial charge in [-0.2, -0.15) is 0 Å². The molecule has 2 amide bonds. The topological polar surface area (TPSA) is 59.1 Å². The lowest BCUT2D eigenvalue weighted by atomic mass is 9.56. The Bertz CT molecular complexity index is 1300. The van der Waals surface area contributed by atoms with Crippen LogP contribution in [0.4, 0.5) is 5.69 Å². The summed E-state index contributed by atoms with van der Waals surface area (Å²) >= 11 is 0. The van der Waals surface area contributed by atoms with Crippen LogP contribution in [0.2, 0.25) is 43.8 Å². The summed E-state index contributed by atoms with van der Waals surface area (Å²) in [5, 5.41) is 0.0882. The van der Waals surface area contributed by atoms with E-state index < -0.39 is 27.2 Å². The van der Waals surface area contributed by atoms with Crippen LogP contribution < -0.4 is 4.90 Å². The first kappa shape index (κ1) is 31.4. The Morgan fingerprint density at radius 3 is 2.38 bits per heavy atom. The van der Waals surface area contributed by atoms with Crippen LogP contribution in [0.15, 0.2) is 49.1 Å². The fourth-order valence-corrected chi connectivity index (χ4v) is 11.3. The third-order valence-electron chi connectivity index (χ3n) is 11.9. The van der Waals surface area contributed by atoms with E-state index in [9.17, 15) is 9.59 Å². The normalized spacial score (nSPS) is 32.1. The summed E-state index contributed by atoms with van der Waals surface area (Å²) in [6.07, 6.45) is 6.17. The quantitative estimate of drug-likeness (QED) is 0.160. The number of allylic oxidation sites excluding steroid dienone is 1. The number of benzene rings is 1. The predicted molar refractivity (Wildman–Crippen MR) is 176 cm³/mol. The number of para-hydroxylation sites is 1. The number of carbonyl (C=O) groups excluding carboxylic acids is 2. The molecule has 0 unspecified atom stereocenters. The minimum atomic E-state index is -2.10. The first-order valence-electron chi connectivity index (χ1n) is 15.7. The Morgan fingerprint density at radius 2 is 1.76 bits per heavy atom. The van der Waals surface area contributed by atoms with Gasteiger partial charge in [0, 0.05) is 52.1 Å². The van der Waals surface area contributed by atoms with Crippen LogP contribution in [-0.4, -0.2) is 66.1 Å². The van der Waals surface area contributed by atoms with Gasteiger partial charge in [-0.25, -0.2) is 0 Å². The van der Waals surface area contributed by atoms with E-state index in [2.05, 4.69) is 85.2 Å². The first-order valence-corrected chi connectivity index (χ1v) is 22.3. The molecule has 4 bridgehead atoms. The average Bonchev–Trinajstić information content (AvgIpc) is 3.37. The van der Waals surface area contributed by atoms with Crippen molar-refractivity contribution in [3.05, 3.63) is 54.6 Å². The fraction of sp³-hybridized carbons (Fsp3) is 0.647. The van der Waals surface area contributed by atoms with E-state index in [1.54, 1.807) is 0 Å². The highest BCUT2D eigenvalue weighted by Crippen LogP contribution is 2.70. The molecule has 2 aliphatic heterocycles. The maximum absolute atomic E-state index is 14.8. The summed E-state index contributed by atoms with van der Waals surface area (Å²) in [4.78, 5) is 32.6. The lowest BCUT2D eigenvalue weighted by Crippen LogP contribution is -2.53. The molecule has 230 valence electrons. The highest BCUT2D eigenvalue weighted by Gasteiger charge is 2.78. The smallest absolute Gasteiger partial charge is 0.243 e. The van der Waals surface area contributed by atoms with E-state index >= 15 is 0 Å². The van der Waals surface area contributed by atoms with Crippen LogP contribution in [-0.2, 0) is 24.2 Å². The minimum absolute atomic E-state index is 0.00735. The maximum atomic E-state index is 14.8. The van der Waals surface area contributed by atoms with Gasteiger partial charge in [0.05, 0.1) is 11.1 Å². The van der Waals surface area contributed by atoms with E-state index in [1.807, 2.05) is 41.1 Å². The Morgan fingerprint density at radius 1 is 1.10 bits per heavy atom. The lowest BCUT2D eigenvalue weighted by molar-refractivity contribution is -0.141. The molecule has 4 aliphatic rings. The number of hydrogen-bond donors (Lipinski definition) is 0. The molecule has 2 heterocycles. The molecule has 1 aromatic carbocycles. The second-order valence-electron chi connectivity index (χ2n) is 15.7. The Balaban J connectivity index is 1.53. The van der Waals surface area contributed by atoms with Gasteiger partial charge in [0.15, 0.2) is 8.32 Å². The van der Waals surface area contributed by atoms with E-state index in [-0.39, 0.29) is 47.4 Å². The van der Waals surface area contributed by atoms with Crippen LogP contribution >= 0.6 is 0 Å². The van der Waals surface area contributed by atoms with Gasteiger partial charge in [-0.3, -0.25) is 14.5 Å². The van der Waals surface area contributed by atoms with Crippen LogP contribution in [0.5, 0.6) is 0 Å². The molecule has 2 fully saturated rings. The van der Waals surface area contributed by atoms with Crippen molar-refractivity contribution in [2.75, 3.05) is 31.9 Å². The van der Waals surface area contributed by atoms with Crippen LogP contribution in [0.25, 0.3) is 0 Å². The number of anilines is 1. The summed E-state index contributed by atoms with van der Waals surface area (Å²) in [7, 11) is -1.45. The summed E-state index contributed by atoms with van der Waals surface area (Å²) in [6.45, 7) is 26.5. The summed E-state index contributed by atoms with van der Waals surface area (Å²) in [5.41, 5.74) is 0.0612. The molecule has 5 rings (SSSR count). The Kier molecular flexibility index (Phi) is 7.69. The Labute approximate surface area is 255 Å². The number of piperidine rings is 1. The second-order valence-corrected chi connectivity index (χ2v) is 26.0. The number of amides is 2. The van der Waals surface area contributed by atoms with Crippen molar-refractivity contribution in [2.45, 2.75) is 83.0 Å². The fourth-order valence-electron chi connectivity index (χ4n) is 8.21. The third-order valence-corrected chi connectivity index (χ3v) is 18.2. The van der Waals surface area contributed by atoms with Crippen molar-refractivity contribution in [1.82, 2.24) is 4.90 Å². The highest BCUT2D eigenvalue weighted by molar-refractivity contribution is 6.76. The SMILES string of the molecule is C=C[C@]12C(=O)N(C)[C@@H]3[C@@H](CO[Si](C)(C)C(C)(C)C(C)C)[C@H]1C=C[C@]1(C(=O)N(COCC[Si](C)(C)C)c4ccccc41)[C@@H]32. The number of hydrogen-bond acceptors (Lipinski definition) is 4. The first-order chi connectivity index (χ1) is 19.5. The predicted octanol–water partition coefficient (Wildman–Crippen LogP) is 6.69. The van der Waals surface area contributed by atoms with Gasteiger partial charge in [-0.15, -0.1) is 6.58 Å². The van der Waals surface area contributed by atoms with Crippen molar-refractivity contribution in [3.8, 4) is 0 Å². The van der Waals surface area contributed by atoms with Crippen LogP contribution in [0.3, 0.4) is 0 Å². The lowest BCUT2D eigenvalue weighted by Gasteiger charge is -2.45. The van der Waals surface area contributed by atoms with Gasteiger partial charge in [-0.05, 0) is 41.7 Å². The average molecular weight is 609 g/mol. The number of fused-ring (bicyclic) bond motifs is 2. The van der Waals surface area contributed by atoms with E-state index in [0.717, 1.165) is 17.3 Å². The van der Waals surface area contributed by atoms with Gasteiger partial charge < -0.3 is 14.1 Å². The summed E-state index contributed by atoms with van der Waals surface area (Å²) in [5.74, 6) is 0.361. The van der Waals surface area contributed by atoms with E-state index in [4.69, 9.17) is 9.16 Å². The number of carbonyl (C=O) groups is 2. The van der Waals surface area contributed by atoms with Gasteiger partial charge in [0.25, 0.3) is 0 Å². The second kappa shape index (κ2) is 10.3. The molecule has 6 atom stereocenters. The van der Waals surface area contributed by atoms with Gasteiger partial charge in [0.2, 0.25) is 11.8 Å². The maximum Gasteiger partial charge on any atom is 0.243 e. The molecule has 1 aromatic rings. The molecule has 0 N–H and O–H groups in total. The van der Waals surface area contributed by atoms with Crippen LogP contribution in [0, 0.1) is 29.1 Å². The summed E-state index contributed by atoms with van der Waals surface area (Å²) < 4.78 is 13.1. The van der Waals surface area contributed by atoms with E-state index in [0.29, 0.717) is 19.1 Å². The molecule has 1 saturated heterocycles. The van der Waals surface area contributed by atoms with Crippen molar-refractivity contribution >= 4 is 33.9 Å². The molecule has 0 aromatic heterocycles. The molecule has 6 nitrogen and oxygen atoms in total. The summed E-state index contributed by atoms with van der Waals surface area (Å²) in [6, 6.07) is 9.00. The number of likely N-dealkylation sites (tertiary alicyclic amines) is 1. The standard InChI is InChI=1S/C34H52N2O4Si2/c1-12-33-25-17-18-34(26-15-13-14-16-27(26)36(31(34)38)22-39-19-20-41(7,8)9)29(33)28(35(6)30(33)37)24(25)21-40-42(10,11)32(4,5)23(2)3/h12-18,23-25,28-29H,1,19-22H2,2-11H3/t24-,25+,28+,29-,33-,34+/m0/s1. The Hall–Kier alpha value is -2.01. The highest BCUT2D eigenvalue weighted by atomic mass is 28.4. The molecule has 0 radical (unpaired) electrons. The van der Waals surface area contributed by atoms with Gasteiger partial charge >= 0.3 is 0 Å². The zero-order valence-corrected chi connectivity index (χ0v) is 29.5. The number of ether oxygens (including phenoxy) is 1. The molecule has 42 heavy (non-hydrogen) atoms. The molecule has 2 aliphatic carbocycles. The van der Waals surface area contributed by atoms with E-state index in [1.165, 1.54) is 0 Å². The molecule has 8 heteroatoms. The van der Waals surface area contributed by atoms with Crippen molar-refractivity contribution in [1.29, 1.82) is 0 Å². The number of rotatable bonds is 11. The molecule has 1 spiro atoms. The van der Waals surface area contributed by atoms with Crippen molar-refractivity contribution < 1.29 is 18.8 Å². The van der Waals surface area contributed by atoms with Gasteiger partial charge in [0.1, 0.15) is 12.1 Å². The zero-order valence-electron chi connectivity index (χ0n) is 27.5. The molecule has 1 saturated carbocycles. The monoisotopic (exact) mass is 608 g/mol. The van der Waals surface area contributed by atoms with Crippen molar-refractivity contribution in [3.63, 3.8) is 0 Å². The molecular weight excluding hydrogens is 557 g/mol.